The fourth-order valence-electron chi connectivity index (χ4n) is 2.94. The second kappa shape index (κ2) is 7.38. The number of hydrogen-bond acceptors (Lipinski definition) is 4. The first-order valence-corrected chi connectivity index (χ1v) is 8.49. The van der Waals surface area contributed by atoms with Crippen molar-refractivity contribution < 1.29 is 14.3 Å². The first-order chi connectivity index (χ1) is 12.1. The molecule has 5 nitrogen and oxygen atoms in total. The number of amides is 2. The molecule has 130 valence electrons. The Morgan fingerprint density at radius 3 is 2.40 bits per heavy atom. The van der Waals surface area contributed by atoms with Crippen molar-refractivity contribution in [3.05, 3.63) is 54.6 Å². The molecule has 3 rings (SSSR count). The third-order valence-corrected chi connectivity index (χ3v) is 4.32. The molecule has 5 heteroatoms. The lowest BCUT2D eigenvalue weighted by Crippen LogP contribution is -2.40. The Kier molecular flexibility index (Phi) is 5.03. The minimum atomic E-state index is -0.481. The van der Waals surface area contributed by atoms with Gasteiger partial charge in [-0.25, -0.2) is 4.90 Å². The van der Waals surface area contributed by atoms with Gasteiger partial charge in [0.15, 0.2) is 0 Å². The molecule has 1 fully saturated rings. The summed E-state index contributed by atoms with van der Waals surface area (Å²) in [6, 6.07) is 16.2. The molecule has 0 saturated carbocycles. The average Bonchev–Trinajstić information content (AvgIpc) is 2.95. The predicted molar refractivity (Wildman–Crippen MR) is 98.0 cm³/mol. The molecule has 0 unspecified atom stereocenters. The zero-order valence-corrected chi connectivity index (χ0v) is 14.5. The van der Waals surface area contributed by atoms with Gasteiger partial charge in [0.2, 0.25) is 5.91 Å². The van der Waals surface area contributed by atoms with Crippen LogP contribution in [-0.2, 0) is 9.59 Å². The monoisotopic (exact) mass is 338 g/mol. The van der Waals surface area contributed by atoms with Crippen LogP contribution in [0.25, 0.3) is 0 Å². The lowest BCUT2D eigenvalue weighted by Gasteiger charge is -2.25. The summed E-state index contributed by atoms with van der Waals surface area (Å²) in [5.74, 6) is 0.362. The number of nitrogens with zero attached hydrogens (tertiary/aromatic N) is 2. The number of anilines is 2. The van der Waals surface area contributed by atoms with Gasteiger partial charge in [-0.2, -0.15) is 0 Å². The number of carbonyl (C=O) groups is 2. The van der Waals surface area contributed by atoms with Crippen molar-refractivity contribution in [2.45, 2.75) is 25.8 Å². The van der Waals surface area contributed by atoms with Gasteiger partial charge < -0.3 is 9.64 Å². The second-order valence-corrected chi connectivity index (χ2v) is 6.08. The van der Waals surface area contributed by atoms with Gasteiger partial charge in [-0.05, 0) is 42.8 Å². The Bertz CT molecular complexity index is 743. The van der Waals surface area contributed by atoms with Crippen LogP contribution in [0.5, 0.6) is 5.75 Å². The van der Waals surface area contributed by atoms with Crippen molar-refractivity contribution in [2.24, 2.45) is 0 Å². The van der Waals surface area contributed by atoms with Gasteiger partial charge in [0.25, 0.3) is 5.91 Å². The van der Waals surface area contributed by atoms with E-state index in [1.807, 2.05) is 49.2 Å². The molecular weight excluding hydrogens is 316 g/mol. The van der Waals surface area contributed by atoms with Crippen LogP contribution in [0.3, 0.4) is 0 Å². The molecule has 0 radical (unpaired) electrons. The van der Waals surface area contributed by atoms with E-state index in [1.54, 1.807) is 24.3 Å². The van der Waals surface area contributed by atoms with Crippen LogP contribution >= 0.6 is 0 Å². The molecule has 0 bridgehead atoms. The molecule has 25 heavy (non-hydrogen) atoms. The Morgan fingerprint density at radius 2 is 1.76 bits per heavy atom. The van der Waals surface area contributed by atoms with Gasteiger partial charge >= 0.3 is 0 Å². The molecular formula is C20H22N2O3. The van der Waals surface area contributed by atoms with E-state index in [2.05, 4.69) is 0 Å². The summed E-state index contributed by atoms with van der Waals surface area (Å²) < 4.78 is 5.55. The van der Waals surface area contributed by atoms with Crippen LogP contribution in [0.15, 0.2) is 54.6 Å². The van der Waals surface area contributed by atoms with E-state index in [0.29, 0.717) is 12.3 Å². The summed E-state index contributed by atoms with van der Waals surface area (Å²) >= 11 is 0. The molecule has 0 N–H and O–H groups in total. The number of para-hydroxylation sites is 1. The van der Waals surface area contributed by atoms with E-state index in [4.69, 9.17) is 4.74 Å². The number of hydrogen-bond donors (Lipinski definition) is 0. The summed E-state index contributed by atoms with van der Waals surface area (Å²) in [7, 11) is 1.84. The van der Waals surface area contributed by atoms with Crippen LogP contribution in [0.2, 0.25) is 0 Å². The highest BCUT2D eigenvalue weighted by atomic mass is 16.5. The Morgan fingerprint density at radius 1 is 1.08 bits per heavy atom. The molecule has 1 aliphatic heterocycles. The SMILES string of the molecule is CCCOc1ccc(N2C(=O)C[C@H](N(C)c3ccccc3)C2=O)cc1. The van der Waals surface area contributed by atoms with Crippen molar-refractivity contribution in [3.8, 4) is 5.75 Å². The van der Waals surface area contributed by atoms with Crippen LogP contribution in [0.4, 0.5) is 11.4 Å². The number of imide groups is 1. The fourth-order valence-corrected chi connectivity index (χ4v) is 2.94. The summed E-state index contributed by atoms with van der Waals surface area (Å²) in [5.41, 5.74) is 1.50. The molecule has 1 atom stereocenters. The van der Waals surface area contributed by atoms with E-state index in [-0.39, 0.29) is 18.2 Å². The van der Waals surface area contributed by atoms with Crippen LogP contribution in [-0.4, -0.2) is 31.5 Å². The molecule has 0 aromatic heterocycles. The molecule has 0 aliphatic carbocycles. The maximum atomic E-state index is 12.8. The molecule has 1 heterocycles. The molecule has 2 aromatic rings. The van der Waals surface area contributed by atoms with Gasteiger partial charge in [0, 0.05) is 12.7 Å². The minimum absolute atomic E-state index is 0.179. The van der Waals surface area contributed by atoms with Crippen molar-refractivity contribution >= 4 is 23.2 Å². The van der Waals surface area contributed by atoms with Gasteiger partial charge in [-0.1, -0.05) is 25.1 Å². The van der Waals surface area contributed by atoms with E-state index in [9.17, 15) is 9.59 Å². The molecule has 2 aromatic carbocycles. The van der Waals surface area contributed by atoms with E-state index in [0.717, 1.165) is 17.9 Å². The van der Waals surface area contributed by atoms with Crippen molar-refractivity contribution in [1.82, 2.24) is 0 Å². The lowest BCUT2D eigenvalue weighted by molar-refractivity contribution is -0.121. The maximum absolute atomic E-state index is 12.8. The Hall–Kier alpha value is -2.82. The van der Waals surface area contributed by atoms with Gasteiger partial charge in [-0.3, -0.25) is 9.59 Å². The molecule has 1 aliphatic rings. The quantitative estimate of drug-likeness (QED) is 0.759. The first kappa shape index (κ1) is 17.0. The van der Waals surface area contributed by atoms with Crippen molar-refractivity contribution in [2.75, 3.05) is 23.5 Å². The normalized spacial score (nSPS) is 17.0. The number of ether oxygens (including phenoxy) is 1. The van der Waals surface area contributed by atoms with E-state index >= 15 is 0 Å². The number of rotatable bonds is 6. The van der Waals surface area contributed by atoms with E-state index in [1.165, 1.54) is 4.90 Å². The topological polar surface area (TPSA) is 49.9 Å². The summed E-state index contributed by atoms with van der Waals surface area (Å²) in [6.07, 6.45) is 1.11. The third kappa shape index (κ3) is 3.50. The number of likely N-dealkylation sites (N-methyl/N-ethyl adjacent to an activating group) is 1. The van der Waals surface area contributed by atoms with Crippen LogP contribution < -0.4 is 14.5 Å². The zero-order valence-electron chi connectivity index (χ0n) is 14.5. The molecule has 2 amide bonds. The standard InChI is InChI=1S/C20H22N2O3/c1-3-13-25-17-11-9-16(10-12-17)22-19(23)14-18(20(22)24)21(2)15-7-5-4-6-8-15/h4-12,18H,3,13-14H2,1-2H3/t18-/m0/s1. The second-order valence-electron chi connectivity index (χ2n) is 6.08. The molecule has 0 spiro atoms. The predicted octanol–water partition coefficient (Wildman–Crippen LogP) is 3.24. The average molecular weight is 338 g/mol. The Labute approximate surface area is 147 Å². The van der Waals surface area contributed by atoms with Gasteiger partial charge in [-0.15, -0.1) is 0 Å². The highest BCUT2D eigenvalue weighted by Gasteiger charge is 2.41. The maximum Gasteiger partial charge on any atom is 0.256 e. The Balaban J connectivity index is 1.77. The minimum Gasteiger partial charge on any atom is -0.494 e. The zero-order chi connectivity index (χ0) is 17.8. The van der Waals surface area contributed by atoms with Crippen LogP contribution in [0.1, 0.15) is 19.8 Å². The van der Waals surface area contributed by atoms with E-state index < -0.39 is 6.04 Å². The number of benzene rings is 2. The summed E-state index contributed by atoms with van der Waals surface area (Å²) in [6.45, 7) is 2.68. The van der Waals surface area contributed by atoms with Gasteiger partial charge in [0.05, 0.1) is 18.7 Å². The fraction of sp³-hybridized carbons (Fsp3) is 0.300. The van der Waals surface area contributed by atoms with Gasteiger partial charge in [0.1, 0.15) is 11.8 Å². The summed E-state index contributed by atoms with van der Waals surface area (Å²) in [4.78, 5) is 28.4. The lowest BCUT2D eigenvalue weighted by atomic mass is 10.2. The van der Waals surface area contributed by atoms with Crippen LogP contribution in [0, 0.1) is 0 Å². The largest absolute Gasteiger partial charge is 0.494 e. The number of carbonyl (C=O) groups excluding carboxylic acids is 2. The first-order valence-electron chi connectivity index (χ1n) is 8.49. The smallest absolute Gasteiger partial charge is 0.256 e. The summed E-state index contributed by atoms with van der Waals surface area (Å²) in [5, 5.41) is 0. The third-order valence-electron chi connectivity index (χ3n) is 4.32. The highest BCUT2D eigenvalue weighted by Crippen LogP contribution is 2.29. The molecule has 1 saturated heterocycles. The highest BCUT2D eigenvalue weighted by molar-refractivity contribution is 6.23. The van der Waals surface area contributed by atoms with Crippen molar-refractivity contribution in [1.29, 1.82) is 0 Å². The van der Waals surface area contributed by atoms with Crippen molar-refractivity contribution in [3.63, 3.8) is 0 Å².